The van der Waals surface area contributed by atoms with Crippen molar-refractivity contribution in [2.24, 2.45) is 5.73 Å². The first-order valence-corrected chi connectivity index (χ1v) is 5.31. The van der Waals surface area contributed by atoms with Gasteiger partial charge in [0.1, 0.15) is 12.7 Å². The molecule has 0 saturated carbocycles. The highest BCUT2D eigenvalue weighted by Crippen LogP contribution is 2.16. The van der Waals surface area contributed by atoms with E-state index < -0.39 is 5.97 Å². The fourth-order valence-corrected chi connectivity index (χ4v) is 1.35. The van der Waals surface area contributed by atoms with Gasteiger partial charge in [0, 0.05) is 18.9 Å². The Kier molecular flexibility index (Phi) is 5.23. The van der Waals surface area contributed by atoms with Gasteiger partial charge in [0.15, 0.2) is 0 Å². The molecule has 0 aromatic heterocycles. The summed E-state index contributed by atoms with van der Waals surface area (Å²) in [5, 5.41) is 0. The van der Waals surface area contributed by atoms with E-state index in [1.165, 1.54) is 6.08 Å². The zero-order chi connectivity index (χ0) is 12.7. The molecule has 0 aliphatic heterocycles. The second-order valence-corrected chi connectivity index (χ2v) is 3.65. The lowest BCUT2D eigenvalue weighted by Crippen LogP contribution is -2.13. The van der Waals surface area contributed by atoms with Crippen LogP contribution in [-0.2, 0) is 14.3 Å². The first kappa shape index (κ1) is 13.3. The largest absolute Gasteiger partial charge is 0.459 e. The Hall–Kier alpha value is -1.81. The van der Waals surface area contributed by atoms with Crippen LogP contribution < -0.4 is 5.73 Å². The number of benzene rings is 1. The van der Waals surface area contributed by atoms with E-state index in [1.54, 1.807) is 14.0 Å². The second kappa shape index (κ2) is 6.70. The minimum absolute atomic E-state index is 0.170. The molecule has 0 radical (unpaired) electrons. The van der Waals surface area contributed by atoms with E-state index in [0.717, 1.165) is 5.56 Å². The van der Waals surface area contributed by atoms with Crippen molar-refractivity contribution in [1.29, 1.82) is 0 Å². The molecule has 0 saturated heterocycles. The molecule has 4 nitrogen and oxygen atoms in total. The standard InChI is InChI=1S/C13H17NO3/c1-10(14)8-13(15)17-9-12(16-2)11-6-4-3-5-7-11/h3-8,12H,9,14H2,1-2H3. The summed E-state index contributed by atoms with van der Waals surface area (Å²) >= 11 is 0. The van der Waals surface area contributed by atoms with E-state index in [9.17, 15) is 4.79 Å². The molecule has 0 heterocycles. The van der Waals surface area contributed by atoms with Crippen molar-refractivity contribution in [2.45, 2.75) is 13.0 Å². The maximum Gasteiger partial charge on any atom is 0.332 e. The number of esters is 1. The van der Waals surface area contributed by atoms with E-state index in [4.69, 9.17) is 15.2 Å². The maximum absolute atomic E-state index is 11.3. The maximum atomic E-state index is 11.3. The Morgan fingerprint density at radius 3 is 2.59 bits per heavy atom. The SMILES string of the molecule is COC(COC(=O)C=C(C)N)c1ccccc1. The van der Waals surface area contributed by atoms with Crippen LogP contribution in [0.1, 0.15) is 18.6 Å². The van der Waals surface area contributed by atoms with Crippen molar-refractivity contribution >= 4 is 5.97 Å². The molecular formula is C13H17NO3. The lowest BCUT2D eigenvalue weighted by molar-refractivity contribution is -0.141. The van der Waals surface area contributed by atoms with Crippen molar-refractivity contribution in [1.82, 2.24) is 0 Å². The molecule has 1 aromatic rings. The van der Waals surface area contributed by atoms with Gasteiger partial charge in [-0.15, -0.1) is 0 Å². The normalized spacial score (nSPS) is 13.2. The molecule has 2 N–H and O–H groups in total. The Balaban J connectivity index is 2.55. The first-order chi connectivity index (χ1) is 8.13. The number of ether oxygens (including phenoxy) is 2. The van der Waals surface area contributed by atoms with E-state index in [2.05, 4.69) is 0 Å². The minimum Gasteiger partial charge on any atom is -0.459 e. The molecule has 4 heteroatoms. The van der Waals surface area contributed by atoms with Gasteiger partial charge < -0.3 is 15.2 Å². The topological polar surface area (TPSA) is 61.5 Å². The summed E-state index contributed by atoms with van der Waals surface area (Å²) in [4.78, 5) is 11.3. The lowest BCUT2D eigenvalue weighted by atomic mass is 10.1. The van der Waals surface area contributed by atoms with Crippen LogP contribution in [0, 0.1) is 0 Å². The third-order valence-corrected chi connectivity index (χ3v) is 2.18. The second-order valence-electron chi connectivity index (χ2n) is 3.65. The van der Waals surface area contributed by atoms with Gasteiger partial charge in [0.2, 0.25) is 0 Å². The molecule has 17 heavy (non-hydrogen) atoms. The number of carbonyl (C=O) groups excluding carboxylic acids is 1. The van der Waals surface area contributed by atoms with Crippen molar-refractivity contribution in [3.63, 3.8) is 0 Å². The van der Waals surface area contributed by atoms with Gasteiger partial charge in [-0.25, -0.2) is 4.79 Å². The van der Waals surface area contributed by atoms with Crippen molar-refractivity contribution in [3.05, 3.63) is 47.7 Å². The molecule has 0 spiro atoms. The van der Waals surface area contributed by atoms with Crippen molar-refractivity contribution < 1.29 is 14.3 Å². The lowest BCUT2D eigenvalue weighted by Gasteiger charge is -2.15. The third-order valence-electron chi connectivity index (χ3n) is 2.18. The van der Waals surface area contributed by atoms with Crippen molar-refractivity contribution in [3.8, 4) is 0 Å². The zero-order valence-electron chi connectivity index (χ0n) is 10.1. The molecule has 0 aliphatic rings. The van der Waals surface area contributed by atoms with E-state index in [-0.39, 0.29) is 12.7 Å². The average Bonchev–Trinajstić information content (AvgIpc) is 2.30. The van der Waals surface area contributed by atoms with Gasteiger partial charge in [0.25, 0.3) is 0 Å². The Morgan fingerprint density at radius 1 is 1.41 bits per heavy atom. The van der Waals surface area contributed by atoms with Crippen molar-refractivity contribution in [2.75, 3.05) is 13.7 Å². The molecule has 1 unspecified atom stereocenters. The van der Waals surface area contributed by atoms with Crippen LogP contribution in [0.4, 0.5) is 0 Å². The molecule has 1 atom stereocenters. The highest BCUT2D eigenvalue weighted by molar-refractivity contribution is 5.82. The fourth-order valence-electron chi connectivity index (χ4n) is 1.35. The minimum atomic E-state index is -0.456. The van der Waals surface area contributed by atoms with Gasteiger partial charge in [-0.2, -0.15) is 0 Å². The van der Waals surface area contributed by atoms with E-state index >= 15 is 0 Å². The molecule has 1 aromatic carbocycles. The van der Waals surface area contributed by atoms with Gasteiger partial charge >= 0.3 is 5.97 Å². The van der Waals surface area contributed by atoms with Gasteiger partial charge in [-0.3, -0.25) is 0 Å². The summed E-state index contributed by atoms with van der Waals surface area (Å²) in [7, 11) is 1.58. The molecule has 0 bridgehead atoms. The number of nitrogens with two attached hydrogens (primary N) is 1. The fraction of sp³-hybridized carbons (Fsp3) is 0.308. The predicted octanol–water partition coefficient (Wildman–Crippen LogP) is 1.78. The summed E-state index contributed by atoms with van der Waals surface area (Å²) in [6.45, 7) is 1.80. The first-order valence-electron chi connectivity index (χ1n) is 5.31. The van der Waals surface area contributed by atoms with Crippen LogP contribution in [0.15, 0.2) is 42.1 Å². The Morgan fingerprint density at radius 2 is 2.06 bits per heavy atom. The number of carbonyl (C=O) groups is 1. The summed E-state index contributed by atoms with van der Waals surface area (Å²) < 4.78 is 10.3. The highest BCUT2D eigenvalue weighted by atomic mass is 16.6. The van der Waals surface area contributed by atoms with Crippen LogP contribution in [-0.4, -0.2) is 19.7 Å². The van der Waals surface area contributed by atoms with Crippen LogP contribution in [0.3, 0.4) is 0 Å². The number of hydrogen-bond acceptors (Lipinski definition) is 4. The quantitative estimate of drug-likeness (QED) is 0.624. The van der Waals surface area contributed by atoms with Crippen LogP contribution in [0.2, 0.25) is 0 Å². The summed E-state index contributed by atoms with van der Waals surface area (Å²) in [6, 6.07) is 9.58. The Bertz CT molecular complexity index is 383. The number of methoxy groups -OCH3 is 1. The van der Waals surface area contributed by atoms with Gasteiger partial charge in [-0.05, 0) is 12.5 Å². The summed E-state index contributed by atoms with van der Waals surface area (Å²) in [5.41, 5.74) is 6.76. The molecule has 0 fully saturated rings. The van der Waals surface area contributed by atoms with Gasteiger partial charge in [-0.1, -0.05) is 30.3 Å². The molecule has 92 valence electrons. The number of allylic oxidation sites excluding steroid dienone is 1. The summed E-state index contributed by atoms with van der Waals surface area (Å²) in [6.07, 6.45) is 0.990. The van der Waals surface area contributed by atoms with Crippen LogP contribution in [0.5, 0.6) is 0 Å². The van der Waals surface area contributed by atoms with E-state index in [0.29, 0.717) is 5.70 Å². The van der Waals surface area contributed by atoms with Crippen LogP contribution >= 0.6 is 0 Å². The molecule has 0 amide bonds. The average molecular weight is 235 g/mol. The smallest absolute Gasteiger partial charge is 0.332 e. The third kappa shape index (κ3) is 4.70. The number of hydrogen-bond donors (Lipinski definition) is 1. The highest BCUT2D eigenvalue weighted by Gasteiger charge is 2.12. The zero-order valence-corrected chi connectivity index (χ0v) is 10.1. The molecule has 1 rings (SSSR count). The summed E-state index contributed by atoms with van der Waals surface area (Å²) in [5.74, 6) is -0.456. The molecule has 0 aliphatic carbocycles. The Labute approximate surface area is 101 Å². The molecular weight excluding hydrogens is 218 g/mol. The van der Waals surface area contributed by atoms with Crippen LogP contribution in [0.25, 0.3) is 0 Å². The monoisotopic (exact) mass is 235 g/mol. The van der Waals surface area contributed by atoms with E-state index in [1.807, 2.05) is 30.3 Å². The van der Waals surface area contributed by atoms with Gasteiger partial charge in [0.05, 0.1) is 0 Å². The number of rotatable bonds is 5. The predicted molar refractivity (Wildman–Crippen MR) is 65.1 cm³/mol.